The second kappa shape index (κ2) is 8.55. The van der Waals surface area contributed by atoms with Crippen LogP contribution < -0.4 is 10.2 Å². The Morgan fingerprint density at radius 3 is 2.64 bits per heavy atom. The van der Waals surface area contributed by atoms with Gasteiger partial charge >= 0.3 is 0 Å². The minimum Gasteiger partial charge on any atom is -0.369 e. The number of rotatable bonds is 4. The second-order valence-electron chi connectivity index (χ2n) is 8.88. The van der Waals surface area contributed by atoms with Crippen LogP contribution >= 0.6 is 0 Å². The number of halogens is 1. The van der Waals surface area contributed by atoms with Crippen LogP contribution in [0.4, 0.5) is 10.1 Å². The van der Waals surface area contributed by atoms with Crippen LogP contribution in [0.3, 0.4) is 0 Å². The average Bonchev–Trinajstić information content (AvgIpc) is 3.10. The van der Waals surface area contributed by atoms with Crippen LogP contribution in [-0.4, -0.2) is 64.7 Å². The number of carbonyl (C=O) groups excluding carboxylic acids is 3. The molecule has 0 bridgehead atoms. The number of hydrogen-bond donors (Lipinski definition) is 1. The van der Waals surface area contributed by atoms with Gasteiger partial charge in [-0.05, 0) is 37.6 Å². The molecule has 1 atom stereocenters. The van der Waals surface area contributed by atoms with Crippen molar-refractivity contribution in [3.05, 3.63) is 58.7 Å². The highest BCUT2D eigenvalue weighted by Crippen LogP contribution is 2.35. The van der Waals surface area contributed by atoms with Gasteiger partial charge in [0.25, 0.3) is 5.91 Å². The zero-order chi connectivity index (χ0) is 23.1. The predicted octanol–water partition coefficient (Wildman–Crippen LogP) is 1.61. The number of anilines is 1. The number of pyridine rings is 1. The maximum absolute atomic E-state index is 14.5. The number of aryl methyl sites for hydroxylation is 1. The zero-order valence-electron chi connectivity index (χ0n) is 18.5. The van der Waals surface area contributed by atoms with E-state index in [4.69, 9.17) is 0 Å². The van der Waals surface area contributed by atoms with Crippen molar-refractivity contribution >= 4 is 23.4 Å². The minimum atomic E-state index is -0.711. The van der Waals surface area contributed by atoms with E-state index in [1.165, 1.54) is 17.0 Å². The molecule has 172 valence electrons. The molecule has 9 heteroatoms. The smallest absolute Gasteiger partial charge is 0.255 e. The van der Waals surface area contributed by atoms with E-state index < -0.39 is 17.8 Å². The summed E-state index contributed by atoms with van der Waals surface area (Å²) in [5, 5.41) is 2.30. The summed E-state index contributed by atoms with van der Waals surface area (Å²) in [6, 6.07) is 8.04. The Balaban J connectivity index is 1.31. The Bertz CT molecular complexity index is 1130. The second-order valence-corrected chi connectivity index (χ2v) is 8.88. The van der Waals surface area contributed by atoms with Gasteiger partial charge in [-0.1, -0.05) is 6.07 Å². The van der Waals surface area contributed by atoms with Crippen LogP contribution in [-0.2, 0) is 22.7 Å². The molecule has 2 aromatic rings. The summed E-state index contributed by atoms with van der Waals surface area (Å²) in [6.07, 6.45) is 0.476. The van der Waals surface area contributed by atoms with Crippen molar-refractivity contribution in [3.8, 4) is 0 Å². The van der Waals surface area contributed by atoms with Crippen LogP contribution in [0.25, 0.3) is 0 Å². The van der Waals surface area contributed by atoms with Crippen molar-refractivity contribution in [2.24, 2.45) is 0 Å². The predicted molar refractivity (Wildman–Crippen MR) is 119 cm³/mol. The lowest BCUT2D eigenvalue weighted by Crippen LogP contribution is -2.52. The zero-order valence-corrected chi connectivity index (χ0v) is 18.5. The standard InChI is InChI=1S/C24H26FN5O3/c1-15-3-2-4-17(26-15)13-28-7-9-29(10-8-28)21-12-16(25)11-18-19(21)14-30(24(18)33)20-5-6-22(31)27-23(20)32/h2-4,11-12,20H,5-10,13-14H2,1H3,(H,27,31,32). The van der Waals surface area contributed by atoms with Crippen LogP contribution in [0, 0.1) is 12.7 Å². The molecule has 3 aliphatic heterocycles. The van der Waals surface area contributed by atoms with Gasteiger partial charge in [0.1, 0.15) is 11.9 Å². The van der Waals surface area contributed by atoms with Crippen LogP contribution in [0.2, 0.25) is 0 Å². The lowest BCUT2D eigenvalue weighted by atomic mass is 10.0. The summed E-state index contributed by atoms with van der Waals surface area (Å²) in [4.78, 5) is 47.4. The topological polar surface area (TPSA) is 85.9 Å². The molecule has 2 fully saturated rings. The van der Waals surface area contributed by atoms with Gasteiger partial charge in [-0.15, -0.1) is 0 Å². The fraction of sp³-hybridized carbons (Fsp3) is 0.417. The lowest BCUT2D eigenvalue weighted by Gasteiger charge is -2.37. The Kier molecular flexibility index (Phi) is 5.57. The molecule has 2 saturated heterocycles. The molecule has 5 rings (SSSR count). The highest BCUT2D eigenvalue weighted by Gasteiger charge is 2.41. The van der Waals surface area contributed by atoms with Gasteiger partial charge in [0.05, 0.1) is 5.69 Å². The molecule has 0 spiro atoms. The Morgan fingerprint density at radius 2 is 1.91 bits per heavy atom. The summed E-state index contributed by atoms with van der Waals surface area (Å²) in [6.45, 7) is 5.98. The van der Waals surface area contributed by atoms with Crippen molar-refractivity contribution in [3.63, 3.8) is 0 Å². The van der Waals surface area contributed by atoms with E-state index >= 15 is 0 Å². The number of piperidine rings is 1. The molecule has 1 unspecified atom stereocenters. The van der Waals surface area contributed by atoms with Crippen molar-refractivity contribution in [2.45, 2.75) is 38.9 Å². The fourth-order valence-electron chi connectivity index (χ4n) is 4.95. The molecule has 4 heterocycles. The van der Waals surface area contributed by atoms with Crippen LogP contribution in [0.5, 0.6) is 0 Å². The van der Waals surface area contributed by atoms with Crippen molar-refractivity contribution in [1.29, 1.82) is 0 Å². The number of fused-ring (bicyclic) bond motifs is 1. The molecule has 1 aromatic carbocycles. The number of benzene rings is 1. The number of carbonyl (C=O) groups is 3. The first-order valence-electron chi connectivity index (χ1n) is 11.3. The maximum atomic E-state index is 14.5. The summed E-state index contributed by atoms with van der Waals surface area (Å²) in [5.74, 6) is -1.61. The normalized spacial score (nSPS) is 21.4. The van der Waals surface area contributed by atoms with E-state index in [1.54, 1.807) is 0 Å². The molecular formula is C24H26FN5O3. The Morgan fingerprint density at radius 1 is 1.12 bits per heavy atom. The van der Waals surface area contributed by atoms with E-state index in [0.717, 1.165) is 36.6 Å². The average molecular weight is 452 g/mol. The summed E-state index contributed by atoms with van der Waals surface area (Å²) < 4.78 is 14.5. The first-order chi connectivity index (χ1) is 15.9. The largest absolute Gasteiger partial charge is 0.369 e. The van der Waals surface area contributed by atoms with Gasteiger partial charge in [0.15, 0.2) is 0 Å². The molecule has 8 nitrogen and oxygen atoms in total. The van der Waals surface area contributed by atoms with Crippen molar-refractivity contribution in [2.75, 3.05) is 31.1 Å². The number of amides is 3. The molecular weight excluding hydrogens is 425 g/mol. The summed E-state index contributed by atoms with van der Waals surface area (Å²) in [5.41, 5.74) is 3.79. The van der Waals surface area contributed by atoms with Crippen LogP contribution in [0.15, 0.2) is 30.3 Å². The van der Waals surface area contributed by atoms with Gasteiger partial charge < -0.3 is 9.80 Å². The first kappa shape index (κ1) is 21.5. The monoisotopic (exact) mass is 451 g/mol. The van der Waals surface area contributed by atoms with Crippen LogP contribution in [0.1, 0.15) is 40.2 Å². The number of piperazine rings is 1. The van der Waals surface area contributed by atoms with E-state index in [-0.39, 0.29) is 31.2 Å². The van der Waals surface area contributed by atoms with Gasteiger partial charge in [-0.3, -0.25) is 29.6 Å². The van der Waals surface area contributed by atoms with Crippen molar-refractivity contribution < 1.29 is 18.8 Å². The third kappa shape index (κ3) is 4.20. The fourth-order valence-corrected chi connectivity index (χ4v) is 4.95. The highest BCUT2D eigenvalue weighted by atomic mass is 19.1. The number of imide groups is 1. The minimum absolute atomic E-state index is 0.190. The summed E-state index contributed by atoms with van der Waals surface area (Å²) in [7, 11) is 0. The third-order valence-corrected chi connectivity index (χ3v) is 6.64. The Hall–Kier alpha value is -3.33. The number of hydrogen-bond acceptors (Lipinski definition) is 6. The number of nitrogens with one attached hydrogen (secondary N) is 1. The van der Waals surface area contributed by atoms with Gasteiger partial charge in [0, 0.05) is 68.2 Å². The molecule has 1 N–H and O–H groups in total. The maximum Gasteiger partial charge on any atom is 0.255 e. The van der Waals surface area contributed by atoms with E-state index in [1.807, 2.05) is 25.1 Å². The van der Waals surface area contributed by atoms with Gasteiger partial charge in [0.2, 0.25) is 11.8 Å². The molecule has 0 radical (unpaired) electrons. The van der Waals surface area contributed by atoms with Crippen molar-refractivity contribution in [1.82, 2.24) is 20.1 Å². The quantitative estimate of drug-likeness (QED) is 0.711. The SMILES string of the molecule is Cc1cccc(CN2CCN(c3cc(F)cc4c3CN(C3CCC(=O)NC3=O)C4=O)CC2)n1. The molecule has 3 amide bonds. The number of aromatic nitrogens is 1. The molecule has 33 heavy (non-hydrogen) atoms. The van der Waals surface area contributed by atoms with E-state index in [9.17, 15) is 18.8 Å². The molecule has 1 aromatic heterocycles. The first-order valence-corrected chi connectivity index (χ1v) is 11.3. The van der Waals surface area contributed by atoms with E-state index in [2.05, 4.69) is 20.1 Å². The number of nitrogens with zero attached hydrogens (tertiary/aromatic N) is 4. The summed E-state index contributed by atoms with van der Waals surface area (Å²) >= 11 is 0. The Labute approximate surface area is 191 Å². The lowest BCUT2D eigenvalue weighted by molar-refractivity contribution is -0.136. The van der Waals surface area contributed by atoms with Gasteiger partial charge in [-0.25, -0.2) is 4.39 Å². The highest BCUT2D eigenvalue weighted by molar-refractivity contribution is 6.06. The third-order valence-electron chi connectivity index (χ3n) is 6.64. The molecule has 0 saturated carbocycles. The molecule has 0 aliphatic carbocycles. The molecule has 3 aliphatic rings. The van der Waals surface area contributed by atoms with E-state index in [0.29, 0.717) is 24.3 Å². The van der Waals surface area contributed by atoms with Gasteiger partial charge in [-0.2, -0.15) is 0 Å².